The van der Waals surface area contributed by atoms with Crippen LogP contribution in [0.5, 0.6) is 0 Å². The maximum absolute atomic E-state index is 13.0. The van der Waals surface area contributed by atoms with Crippen LogP contribution in [-0.2, 0) is 14.8 Å². The van der Waals surface area contributed by atoms with Gasteiger partial charge in [-0.3, -0.25) is 4.79 Å². The van der Waals surface area contributed by atoms with Gasteiger partial charge in [0.15, 0.2) is 5.82 Å². The monoisotopic (exact) mass is 458 g/mol. The van der Waals surface area contributed by atoms with Crippen molar-refractivity contribution >= 4 is 33.5 Å². The number of aromatic nitrogens is 2. The topological polar surface area (TPSA) is 105 Å². The van der Waals surface area contributed by atoms with Crippen molar-refractivity contribution in [3.8, 4) is 0 Å². The summed E-state index contributed by atoms with van der Waals surface area (Å²) in [5.74, 6) is 0.653. The maximum Gasteiger partial charge on any atom is 0.244 e. The van der Waals surface area contributed by atoms with Gasteiger partial charge >= 0.3 is 0 Å². The Morgan fingerprint density at radius 3 is 2.52 bits per heavy atom. The smallest absolute Gasteiger partial charge is 0.244 e. The molecule has 3 heterocycles. The molecular weight excluding hydrogens is 436 g/mol. The standard InChI is InChI=1S/C21H22N4O4S2/c1-15-13-18(24-29-15)23-21(26)20(16-7-3-2-4-8-16)30-19-10-9-17(14-22-19)31(27,28)25-11-5-6-12-25/h2-4,7-10,13-14,20H,5-6,11-12H2,1H3,(H,23,24,26). The minimum atomic E-state index is -3.53. The number of carbonyl (C=O) groups excluding carboxylic acids is 1. The van der Waals surface area contributed by atoms with Crippen LogP contribution in [0, 0.1) is 6.92 Å². The van der Waals surface area contributed by atoms with Crippen LogP contribution in [0.1, 0.15) is 29.4 Å². The Kier molecular flexibility index (Phi) is 6.40. The summed E-state index contributed by atoms with van der Waals surface area (Å²) < 4.78 is 31.9. The van der Waals surface area contributed by atoms with E-state index in [2.05, 4.69) is 15.5 Å². The molecule has 10 heteroatoms. The van der Waals surface area contributed by atoms with Gasteiger partial charge in [-0.05, 0) is 37.5 Å². The molecule has 0 aliphatic carbocycles. The summed E-state index contributed by atoms with van der Waals surface area (Å²) in [6.45, 7) is 2.82. The molecule has 3 aromatic rings. The van der Waals surface area contributed by atoms with E-state index in [-0.39, 0.29) is 10.8 Å². The molecule has 1 fully saturated rings. The molecule has 162 valence electrons. The largest absolute Gasteiger partial charge is 0.360 e. The third-order valence-corrected chi connectivity index (χ3v) is 7.96. The van der Waals surface area contributed by atoms with E-state index in [1.54, 1.807) is 25.1 Å². The third kappa shape index (κ3) is 4.97. The van der Waals surface area contributed by atoms with Gasteiger partial charge in [-0.25, -0.2) is 13.4 Å². The number of nitrogens with one attached hydrogen (secondary N) is 1. The Morgan fingerprint density at radius 2 is 1.90 bits per heavy atom. The molecule has 8 nitrogen and oxygen atoms in total. The third-order valence-electron chi connectivity index (χ3n) is 4.87. The van der Waals surface area contributed by atoms with Gasteiger partial charge < -0.3 is 9.84 Å². The Balaban J connectivity index is 1.54. The van der Waals surface area contributed by atoms with Gasteiger partial charge in [-0.2, -0.15) is 4.31 Å². The van der Waals surface area contributed by atoms with Crippen molar-refractivity contribution in [2.45, 2.75) is 34.9 Å². The maximum atomic E-state index is 13.0. The summed E-state index contributed by atoms with van der Waals surface area (Å²) in [7, 11) is -3.53. The van der Waals surface area contributed by atoms with Crippen LogP contribution in [0.15, 0.2) is 69.2 Å². The first kappa shape index (κ1) is 21.5. The van der Waals surface area contributed by atoms with Gasteiger partial charge in [0.25, 0.3) is 0 Å². The molecule has 1 N–H and O–H groups in total. The van der Waals surface area contributed by atoms with Gasteiger partial charge in [0.05, 0.1) is 5.03 Å². The highest BCUT2D eigenvalue weighted by molar-refractivity contribution is 8.00. The number of rotatable bonds is 7. The molecule has 0 radical (unpaired) electrons. The second kappa shape index (κ2) is 9.21. The van der Waals surface area contributed by atoms with Crippen LogP contribution >= 0.6 is 11.8 Å². The molecule has 31 heavy (non-hydrogen) atoms. The molecule has 0 bridgehead atoms. The first-order valence-corrected chi connectivity index (χ1v) is 12.2. The number of sulfonamides is 1. The fourth-order valence-electron chi connectivity index (χ4n) is 3.31. The molecule has 0 spiro atoms. The number of thioether (sulfide) groups is 1. The van der Waals surface area contributed by atoms with Gasteiger partial charge in [0.1, 0.15) is 15.9 Å². The van der Waals surface area contributed by atoms with Crippen LogP contribution in [0.4, 0.5) is 5.82 Å². The van der Waals surface area contributed by atoms with Crippen LogP contribution < -0.4 is 5.32 Å². The number of pyridine rings is 1. The molecule has 4 rings (SSSR count). The van der Waals surface area contributed by atoms with Crippen molar-refractivity contribution in [3.63, 3.8) is 0 Å². The second-order valence-electron chi connectivity index (χ2n) is 7.16. The average molecular weight is 459 g/mol. The number of amides is 1. The minimum absolute atomic E-state index is 0.164. The van der Waals surface area contributed by atoms with E-state index in [9.17, 15) is 13.2 Å². The Labute approximate surface area is 185 Å². The van der Waals surface area contributed by atoms with Crippen LogP contribution in [-0.4, -0.2) is 41.9 Å². The highest BCUT2D eigenvalue weighted by atomic mass is 32.2. The number of benzene rings is 1. The second-order valence-corrected chi connectivity index (χ2v) is 10.2. The molecule has 1 aromatic carbocycles. The van der Waals surface area contributed by atoms with Crippen LogP contribution in [0.3, 0.4) is 0 Å². The first-order chi connectivity index (χ1) is 14.9. The zero-order valence-corrected chi connectivity index (χ0v) is 18.5. The first-order valence-electron chi connectivity index (χ1n) is 9.85. The quantitative estimate of drug-likeness (QED) is 0.539. The number of hydrogen-bond acceptors (Lipinski definition) is 7. The average Bonchev–Trinajstić information content (AvgIpc) is 3.45. The summed E-state index contributed by atoms with van der Waals surface area (Å²) in [4.78, 5) is 17.5. The van der Waals surface area contributed by atoms with Crippen molar-refractivity contribution in [2.24, 2.45) is 0 Å². The predicted molar refractivity (Wildman–Crippen MR) is 117 cm³/mol. The van der Waals surface area contributed by atoms with Crippen molar-refractivity contribution in [1.29, 1.82) is 0 Å². The fraction of sp³-hybridized carbons (Fsp3) is 0.286. The lowest BCUT2D eigenvalue weighted by molar-refractivity contribution is -0.115. The summed E-state index contributed by atoms with van der Waals surface area (Å²) in [5.41, 5.74) is 0.792. The van der Waals surface area contributed by atoms with E-state index < -0.39 is 15.3 Å². The lowest BCUT2D eigenvalue weighted by Crippen LogP contribution is -2.27. The molecule has 1 unspecified atom stereocenters. The highest BCUT2D eigenvalue weighted by Gasteiger charge is 2.28. The molecule has 0 saturated carbocycles. The van der Waals surface area contributed by atoms with Crippen molar-refractivity contribution in [3.05, 3.63) is 66.1 Å². The van der Waals surface area contributed by atoms with Gasteiger partial charge in [0.2, 0.25) is 15.9 Å². The molecule has 1 atom stereocenters. The van der Waals surface area contributed by atoms with Crippen LogP contribution in [0.2, 0.25) is 0 Å². The molecule has 1 saturated heterocycles. The number of anilines is 1. The highest BCUT2D eigenvalue weighted by Crippen LogP contribution is 2.35. The van der Waals surface area contributed by atoms with E-state index in [1.165, 1.54) is 22.3 Å². The van der Waals surface area contributed by atoms with Gasteiger partial charge in [-0.15, -0.1) is 0 Å². The number of nitrogens with zero attached hydrogens (tertiary/aromatic N) is 3. The van der Waals surface area contributed by atoms with Crippen molar-refractivity contribution < 1.29 is 17.7 Å². The van der Waals surface area contributed by atoms with E-state index in [0.29, 0.717) is 29.7 Å². The van der Waals surface area contributed by atoms with E-state index in [1.807, 2.05) is 30.3 Å². The molecule has 1 aliphatic heterocycles. The summed E-state index contributed by atoms with van der Waals surface area (Å²) in [5, 5.41) is 6.51. The summed E-state index contributed by atoms with van der Waals surface area (Å²) in [6.07, 6.45) is 3.11. The van der Waals surface area contributed by atoms with E-state index in [0.717, 1.165) is 18.4 Å². The lowest BCUT2D eigenvalue weighted by atomic mass is 10.1. The zero-order chi connectivity index (χ0) is 21.8. The minimum Gasteiger partial charge on any atom is -0.360 e. The van der Waals surface area contributed by atoms with Gasteiger partial charge in [-0.1, -0.05) is 47.3 Å². The molecule has 1 aliphatic rings. The number of aryl methyl sites for hydroxylation is 1. The molecule has 2 aromatic heterocycles. The zero-order valence-electron chi connectivity index (χ0n) is 16.9. The van der Waals surface area contributed by atoms with Crippen molar-refractivity contribution in [1.82, 2.24) is 14.4 Å². The lowest BCUT2D eigenvalue weighted by Gasteiger charge is -2.17. The Hall–Kier alpha value is -2.69. The van der Waals surface area contributed by atoms with Gasteiger partial charge in [0, 0.05) is 25.4 Å². The number of carbonyl (C=O) groups is 1. The molecular formula is C21H22N4O4S2. The van der Waals surface area contributed by atoms with E-state index >= 15 is 0 Å². The Morgan fingerprint density at radius 1 is 1.16 bits per heavy atom. The number of hydrogen-bond donors (Lipinski definition) is 1. The summed E-state index contributed by atoms with van der Waals surface area (Å²) >= 11 is 1.24. The van der Waals surface area contributed by atoms with Crippen molar-refractivity contribution in [2.75, 3.05) is 18.4 Å². The predicted octanol–water partition coefficient (Wildman–Crippen LogP) is 3.63. The summed E-state index contributed by atoms with van der Waals surface area (Å²) in [6, 6.07) is 14.1. The SMILES string of the molecule is Cc1cc(NC(=O)C(Sc2ccc(S(=O)(=O)N3CCCC3)cn2)c2ccccc2)no1. The fourth-order valence-corrected chi connectivity index (χ4v) is 5.73. The van der Waals surface area contributed by atoms with Crippen LogP contribution in [0.25, 0.3) is 0 Å². The van der Waals surface area contributed by atoms with E-state index in [4.69, 9.17) is 4.52 Å². The normalized spacial score (nSPS) is 15.6. The Bertz CT molecular complexity index is 1140. The molecule has 1 amide bonds.